The first kappa shape index (κ1) is 15.3. The third-order valence-electron chi connectivity index (χ3n) is 4.27. The van der Waals surface area contributed by atoms with E-state index in [9.17, 15) is 10.1 Å². The number of rotatable bonds is 5. The quantitative estimate of drug-likeness (QED) is 0.923. The van der Waals surface area contributed by atoms with Crippen LogP contribution in [-0.2, 0) is 16.1 Å². The number of hydrogen-bond acceptors (Lipinski definition) is 3. The number of methoxy groups -OCH3 is 1. The van der Waals surface area contributed by atoms with E-state index in [0.717, 1.165) is 29.5 Å². The van der Waals surface area contributed by atoms with Crippen molar-refractivity contribution in [2.24, 2.45) is 0 Å². The minimum atomic E-state index is -0.592. The summed E-state index contributed by atoms with van der Waals surface area (Å²) < 4.78 is 5.26. The smallest absolute Gasteiger partial charge is 0.252 e. The van der Waals surface area contributed by atoms with Gasteiger partial charge in [0.25, 0.3) is 5.91 Å². The molecule has 23 heavy (non-hydrogen) atoms. The number of amides is 1. The topological polar surface area (TPSA) is 62.1 Å². The molecule has 1 aliphatic carbocycles. The highest BCUT2D eigenvalue weighted by Crippen LogP contribution is 2.39. The van der Waals surface area contributed by atoms with E-state index in [1.165, 1.54) is 0 Å². The second-order valence-corrected chi connectivity index (χ2v) is 5.74. The monoisotopic (exact) mass is 306 g/mol. The predicted molar refractivity (Wildman–Crippen MR) is 87.4 cm³/mol. The number of carbonyl (C=O) groups excluding carboxylic acids is 1. The lowest BCUT2D eigenvalue weighted by Crippen LogP contribution is -2.37. The number of benzene rings is 2. The molecule has 0 heterocycles. The maximum atomic E-state index is 12.0. The van der Waals surface area contributed by atoms with Crippen LogP contribution in [0.4, 0.5) is 0 Å². The van der Waals surface area contributed by atoms with Gasteiger partial charge in [-0.05, 0) is 35.6 Å². The molecule has 0 aliphatic heterocycles. The SMILES string of the molecule is COC1(C(=O)NCc2ccc(-c3ccccc3C#N)cc2)CC1. The molecular weight excluding hydrogens is 288 g/mol. The number of nitrogens with one attached hydrogen (secondary N) is 1. The van der Waals surface area contributed by atoms with Crippen LogP contribution < -0.4 is 5.32 Å². The Balaban J connectivity index is 1.68. The van der Waals surface area contributed by atoms with Crippen molar-refractivity contribution in [2.45, 2.75) is 25.0 Å². The van der Waals surface area contributed by atoms with Gasteiger partial charge in [0.2, 0.25) is 0 Å². The van der Waals surface area contributed by atoms with Gasteiger partial charge in [0, 0.05) is 13.7 Å². The van der Waals surface area contributed by atoms with Crippen LogP contribution in [0.1, 0.15) is 24.0 Å². The number of nitrogens with zero attached hydrogens (tertiary/aromatic N) is 1. The highest BCUT2D eigenvalue weighted by atomic mass is 16.5. The van der Waals surface area contributed by atoms with Gasteiger partial charge in [-0.1, -0.05) is 42.5 Å². The van der Waals surface area contributed by atoms with Gasteiger partial charge in [-0.25, -0.2) is 0 Å². The first-order valence-corrected chi connectivity index (χ1v) is 7.60. The van der Waals surface area contributed by atoms with Crippen LogP contribution >= 0.6 is 0 Å². The summed E-state index contributed by atoms with van der Waals surface area (Å²) in [6, 6.07) is 17.6. The van der Waals surface area contributed by atoms with Crippen LogP contribution in [0.25, 0.3) is 11.1 Å². The summed E-state index contributed by atoms with van der Waals surface area (Å²) >= 11 is 0. The summed E-state index contributed by atoms with van der Waals surface area (Å²) in [6.45, 7) is 0.476. The summed E-state index contributed by atoms with van der Waals surface area (Å²) in [4.78, 5) is 12.0. The van der Waals surface area contributed by atoms with Crippen molar-refractivity contribution in [3.63, 3.8) is 0 Å². The first-order chi connectivity index (χ1) is 11.2. The van der Waals surface area contributed by atoms with Crippen molar-refractivity contribution in [3.05, 3.63) is 59.7 Å². The highest BCUT2D eigenvalue weighted by molar-refractivity contribution is 5.88. The van der Waals surface area contributed by atoms with Crippen molar-refractivity contribution in [1.82, 2.24) is 5.32 Å². The number of nitriles is 1. The Morgan fingerprint density at radius 3 is 2.52 bits per heavy atom. The van der Waals surface area contributed by atoms with Gasteiger partial charge in [-0.2, -0.15) is 5.26 Å². The predicted octanol–water partition coefficient (Wildman–Crippen LogP) is 3.02. The fourth-order valence-corrected chi connectivity index (χ4v) is 2.62. The Kier molecular flexibility index (Phi) is 4.14. The average Bonchev–Trinajstić information content (AvgIpc) is 3.41. The van der Waals surface area contributed by atoms with E-state index in [0.29, 0.717) is 12.1 Å². The molecule has 116 valence electrons. The van der Waals surface area contributed by atoms with E-state index < -0.39 is 5.60 Å². The Labute approximate surface area is 135 Å². The molecule has 0 saturated heterocycles. The van der Waals surface area contributed by atoms with Crippen LogP contribution in [0.15, 0.2) is 48.5 Å². The Morgan fingerprint density at radius 2 is 1.91 bits per heavy atom. The zero-order valence-corrected chi connectivity index (χ0v) is 13.0. The molecule has 0 aromatic heterocycles. The average molecular weight is 306 g/mol. The molecule has 1 aliphatic rings. The number of ether oxygens (including phenoxy) is 1. The molecule has 1 fully saturated rings. The fourth-order valence-electron chi connectivity index (χ4n) is 2.62. The van der Waals surface area contributed by atoms with Crippen LogP contribution in [-0.4, -0.2) is 18.6 Å². The lowest BCUT2D eigenvalue weighted by molar-refractivity contribution is -0.133. The summed E-state index contributed by atoms with van der Waals surface area (Å²) in [5.41, 5.74) is 2.99. The van der Waals surface area contributed by atoms with E-state index in [1.54, 1.807) is 7.11 Å². The van der Waals surface area contributed by atoms with Crippen LogP contribution in [0, 0.1) is 11.3 Å². The van der Waals surface area contributed by atoms with Crippen LogP contribution in [0.2, 0.25) is 0 Å². The summed E-state index contributed by atoms with van der Waals surface area (Å²) in [5, 5.41) is 12.1. The minimum Gasteiger partial charge on any atom is -0.368 e. The molecule has 1 N–H and O–H groups in total. The number of hydrogen-bond donors (Lipinski definition) is 1. The fraction of sp³-hybridized carbons (Fsp3) is 0.263. The maximum Gasteiger partial charge on any atom is 0.252 e. The zero-order chi connectivity index (χ0) is 16.3. The van der Waals surface area contributed by atoms with Crippen LogP contribution in [0.3, 0.4) is 0 Å². The molecule has 2 aromatic rings. The molecule has 3 rings (SSSR count). The molecule has 0 unspecified atom stereocenters. The lowest BCUT2D eigenvalue weighted by atomic mass is 9.99. The molecular formula is C19H18N2O2. The van der Waals surface area contributed by atoms with Gasteiger partial charge >= 0.3 is 0 Å². The molecule has 1 amide bonds. The van der Waals surface area contributed by atoms with Crippen LogP contribution in [0.5, 0.6) is 0 Å². The number of carbonyl (C=O) groups is 1. The van der Waals surface area contributed by atoms with Crippen molar-refractivity contribution in [3.8, 4) is 17.2 Å². The molecule has 2 aromatic carbocycles. The molecule has 0 bridgehead atoms. The van der Waals surface area contributed by atoms with Gasteiger partial charge < -0.3 is 10.1 Å². The van der Waals surface area contributed by atoms with Gasteiger partial charge in [0.1, 0.15) is 5.60 Å². The van der Waals surface area contributed by atoms with Gasteiger partial charge in [0.15, 0.2) is 0 Å². The summed E-state index contributed by atoms with van der Waals surface area (Å²) in [5.74, 6) is -0.0427. The molecule has 4 heteroatoms. The van der Waals surface area contributed by atoms with Crippen molar-refractivity contribution in [2.75, 3.05) is 7.11 Å². The second-order valence-electron chi connectivity index (χ2n) is 5.74. The highest BCUT2D eigenvalue weighted by Gasteiger charge is 2.50. The van der Waals surface area contributed by atoms with Gasteiger partial charge in [0.05, 0.1) is 11.6 Å². The van der Waals surface area contributed by atoms with E-state index in [4.69, 9.17) is 4.74 Å². The van der Waals surface area contributed by atoms with E-state index in [-0.39, 0.29) is 5.91 Å². The first-order valence-electron chi connectivity index (χ1n) is 7.60. The molecule has 0 spiro atoms. The van der Waals surface area contributed by atoms with Crippen molar-refractivity contribution >= 4 is 5.91 Å². The Morgan fingerprint density at radius 1 is 1.22 bits per heavy atom. The largest absolute Gasteiger partial charge is 0.368 e. The van der Waals surface area contributed by atoms with E-state index in [2.05, 4.69) is 11.4 Å². The maximum absolute atomic E-state index is 12.0. The third-order valence-corrected chi connectivity index (χ3v) is 4.27. The van der Waals surface area contributed by atoms with Crippen molar-refractivity contribution < 1.29 is 9.53 Å². The van der Waals surface area contributed by atoms with E-state index in [1.807, 2.05) is 48.5 Å². The Bertz CT molecular complexity index is 756. The molecule has 4 nitrogen and oxygen atoms in total. The second kappa shape index (κ2) is 6.23. The summed E-state index contributed by atoms with van der Waals surface area (Å²) in [6.07, 6.45) is 1.58. The zero-order valence-electron chi connectivity index (χ0n) is 13.0. The standard InChI is InChI=1S/C19H18N2O2/c1-23-19(10-11-19)18(22)21-13-14-6-8-15(9-7-14)17-5-3-2-4-16(17)12-20/h2-9H,10-11,13H2,1H3,(H,21,22). The van der Waals surface area contributed by atoms with Gasteiger partial charge in [-0.3, -0.25) is 4.79 Å². The van der Waals surface area contributed by atoms with Crippen molar-refractivity contribution in [1.29, 1.82) is 5.26 Å². The van der Waals surface area contributed by atoms with E-state index >= 15 is 0 Å². The van der Waals surface area contributed by atoms with Gasteiger partial charge in [-0.15, -0.1) is 0 Å². The molecule has 1 saturated carbocycles. The normalized spacial score (nSPS) is 14.8. The molecule has 0 radical (unpaired) electrons. The minimum absolute atomic E-state index is 0.0427. The lowest BCUT2D eigenvalue weighted by Gasteiger charge is -2.13. The summed E-state index contributed by atoms with van der Waals surface area (Å²) in [7, 11) is 1.58. The third kappa shape index (κ3) is 3.10. The Hall–Kier alpha value is -2.64. The molecule has 0 atom stereocenters.